The molecule has 256 valence electrons. The average molecular weight is 621 g/mol. The van der Waals surface area contributed by atoms with Gasteiger partial charge in [0.15, 0.2) is 0 Å². The van der Waals surface area contributed by atoms with Crippen LogP contribution in [0.1, 0.15) is 27.7 Å². The van der Waals surface area contributed by atoms with Gasteiger partial charge in [-0.25, -0.2) is 0 Å². The quantitative estimate of drug-likeness (QED) is 0.0720. The molecule has 0 bridgehead atoms. The Kier molecular flexibility index (Phi) is 38.0. The predicted molar refractivity (Wildman–Crippen MR) is 155 cm³/mol. The first kappa shape index (κ1) is 43.6. The van der Waals surface area contributed by atoms with E-state index in [4.69, 9.17) is 67.8 Å². The van der Waals surface area contributed by atoms with Crippen LogP contribution in [-0.2, 0) is 47.4 Å². The Hall–Kier alpha value is -0.560. The van der Waals surface area contributed by atoms with E-state index < -0.39 is 6.10 Å². The van der Waals surface area contributed by atoms with Gasteiger partial charge in [-0.05, 0) is 27.7 Å². The first-order chi connectivity index (χ1) is 20.4. The molecule has 0 amide bonds. The number of ether oxygens (including phenoxy) is 10. The van der Waals surface area contributed by atoms with E-state index in [1.54, 1.807) is 13.8 Å². The van der Waals surface area contributed by atoms with Crippen molar-refractivity contribution in [3.8, 4) is 0 Å². The van der Waals surface area contributed by atoms with Crippen LogP contribution in [0.2, 0.25) is 0 Å². The van der Waals surface area contributed by atoms with E-state index in [0.717, 1.165) is 0 Å². The minimum atomic E-state index is -0.455. The van der Waals surface area contributed by atoms with E-state index in [1.807, 2.05) is 13.8 Å². The molecule has 0 fully saturated rings. The summed E-state index contributed by atoms with van der Waals surface area (Å²) in [6.45, 7) is 15.3. The highest BCUT2D eigenvalue weighted by molar-refractivity contribution is 4.55. The van der Waals surface area contributed by atoms with E-state index in [0.29, 0.717) is 112 Å². The predicted octanol–water partition coefficient (Wildman–Crippen LogP) is -0.338. The molecule has 0 aromatic rings. The van der Waals surface area contributed by atoms with E-state index in [9.17, 15) is 0 Å². The lowest BCUT2D eigenvalue weighted by atomic mass is 10.3. The average Bonchev–Trinajstić information content (AvgIpc) is 2.98. The molecule has 0 saturated heterocycles. The summed E-state index contributed by atoms with van der Waals surface area (Å²) in [6.07, 6.45) is -0.711. The third-order valence-corrected chi connectivity index (χ3v) is 4.81. The van der Waals surface area contributed by atoms with Crippen LogP contribution >= 0.6 is 0 Å². The number of hydrogen-bond acceptors (Lipinski definition) is 14. The van der Waals surface area contributed by atoms with Gasteiger partial charge in [0.05, 0.1) is 157 Å². The standard InChI is InChI=1S/C16H34O9.C12H26O5/c17-1-3-19-5-7-21-9-11-23-13-15-25-16-14-24-12-10-22-8-6-20-4-2-18;1-9(14)6-15-11(3)8-17-12(4)7-16-10(2)5-13/h17-18H,1-16H2;9-14H,5-8H2,1-4H3. The van der Waals surface area contributed by atoms with Crippen molar-refractivity contribution in [2.75, 3.05) is 132 Å². The molecule has 14 nitrogen and oxygen atoms in total. The maximum Gasteiger partial charge on any atom is 0.0781 e. The third kappa shape index (κ3) is 39.4. The number of hydrogen-bond donors (Lipinski definition) is 4. The SMILES string of the molecule is CC(O)COC(C)COC(C)COC(C)CO.OCCOCCOCCOCCOCCOCCOCCOCCO. The zero-order valence-electron chi connectivity index (χ0n) is 26.3. The maximum atomic E-state index is 9.04. The molecule has 0 aliphatic heterocycles. The second-order valence-corrected chi connectivity index (χ2v) is 9.20. The Morgan fingerprint density at radius 1 is 0.381 bits per heavy atom. The first-order valence-corrected chi connectivity index (χ1v) is 14.8. The van der Waals surface area contributed by atoms with Crippen molar-refractivity contribution in [2.24, 2.45) is 0 Å². The van der Waals surface area contributed by atoms with Crippen LogP contribution in [0.25, 0.3) is 0 Å². The molecule has 4 unspecified atom stereocenters. The lowest BCUT2D eigenvalue weighted by Crippen LogP contribution is -2.27. The molecule has 0 spiro atoms. The van der Waals surface area contributed by atoms with Gasteiger partial charge in [0.2, 0.25) is 0 Å². The van der Waals surface area contributed by atoms with E-state index >= 15 is 0 Å². The van der Waals surface area contributed by atoms with Crippen LogP contribution in [0.5, 0.6) is 0 Å². The number of aliphatic hydroxyl groups is 4. The van der Waals surface area contributed by atoms with Crippen LogP contribution in [0.4, 0.5) is 0 Å². The molecule has 0 aliphatic rings. The third-order valence-electron chi connectivity index (χ3n) is 4.81. The fourth-order valence-corrected chi connectivity index (χ4v) is 2.60. The second-order valence-electron chi connectivity index (χ2n) is 9.20. The van der Waals surface area contributed by atoms with Gasteiger partial charge in [-0.15, -0.1) is 0 Å². The Labute approximate surface area is 252 Å². The molecule has 0 aromatic carbocycles. The molecule has 0 aromatic heterocycles. The van der Waals surface area contributed by atoms with Gasteiger partial charge in [0.25, 0.3) is 0 Å². The van der Waals surface area contributed by atoms with Crippen LogP contribution in [0.15, 0.2) is 0 Å². The van der Waals surface area contributed by atoms with Crippen LogP contribution in [0, 0.1) is 0 Å². The molecule has 0 radical (unpaired) electrons. The highest BCUT2D eigenvalue weighted by Gasteiger charge is 2.10. The minimum Gasteiger partial charge on any atom is -0.394 e. The summed E-state index contributed by atoms with van der Waals surface area (Å²) in [5.74, 6) is 0. The molecule has 42 heavy (non-hydrogen) atoms. The molecule has 0 saturated carbocycles. The van der Waals surface area contributed by atoms with E-state index in [1.165, 1.54) is 0 Å². The van der Waals surface area contributed by atoms with Crippen molar-refractivity contribution in [3.05, 3.63) is 0 Å². The van der Waals surface area contributed by atoms with Crippen molar-refractivity contribution in [1.82, 2.24) is 0 Å². The van der Waals surface area contributed by atoms with Crippen molar-refractivity contribution >= 4 is 0 Å². The van der Waals surface area contributed by atoms with Gasteiger partial charge in [-0.2, -0.15) is 0 Å². The second kappa shape index (κ2) is 36.6. The Morgan fingerprint density at radius 2 is 0.643 bits per heavy atom. The van der Waals surface area contributed by atoms with Gasteiger partial charge in [-0.3, -0.25) is 0 Å². The summed E-state index contributed by atoms with van der Waals surface area (Å²) in [5.41, 5.74) is 0. The van der Waals surface area contributed by atoms with Gasteiger partial charge in [0.1, 0.15) is 0 Å². The van der Waals surface area contributed by atoms with Gasteiger partial charge < -0.3 is 67.8 Å². The molecular weight excluding hydrogens is 560 g/mol. The first-order valence-electron chi connectivity index (χ1n) is 14.8. The van der Waals surface area contributed by atoms with Gasteiger partial charge >= 0.3 is 0 Å². The summed E-state index contributed by atoms with van der Waals surface area (Å²) in [7, 11) is 0. The van der Waals surface area contributed by atoms with Crippen molar-refractivity contribution in [2.45, 2.75) is 52.1 Å². The summed E-state index contributed by atoms with van der Waals surface area (Å²) >= 11 is 0. The molecule has 0 heterocycles. The molecule has 14 heteroatoms. The molecular formula is C28H60O14. The summed E-state index contributed by atoms with van der Waals surface area (Å²) in [4.78, 5) is 0. The maximum absolute atomic E-state index is 9.04. The van der Waals surface area contributed by atoms with Crippen LogP contribution < -0.4 is 0 Å². The number of aliphatic hydroxyl groups excluding tert-OH is 4. The Morgan fingerprint density at radius 3 is 0.905 bits per heavy atom. The van der Waals surface area contributed by atoms with E-state index in [2.05, 4.69) is 0 Å². The highest BCUT2D eigenvalue weighted by Crippen LogP contribution is 2.00. The molecule has 0 rings (SSSR count). The zero-order valence-corrected chi connectivity index (χ0v) is 26.3. The van der Waals surface area contributed by atoms with E-state index in [-0.39, 0.29) is 38.1 Å². The molecule has 4 atom stereocenters. The summed E-state index contributed by atoms with van der Waals surface area (Å²) < 4.78 is 52.9. The Bertz CT molecular complexity index is 468. The smallest absolute Gasteiger partial charge is 0.0781 e. The van der Waals surface area contributed by atoms with Crippen molar-refractivity contribution in [1.29, 1.82) is 0 Å². The lowest BCUT2D eigenvalue weighted by molar-refractivity contribution is -0.0825. The minimum absolute atomic E-state index is 0.0145. The van der Waals surface area contributed by atoms with Crippen LogP contribution in [-0.4, -0.2) is 177 Å². The van der Waals surface area contributed by atoms with Crippen molar-refractivity contribution in [3.63, 3.8) is 0 Å². The van der Waals surface area contributed by atoms with Gasteiger partial charge in [0, 0.05) is 0 Å². The molecule has 4 N–H and O–H groups in total. The van der Waals surface area contributed by atoms with Crippen molar-refractivity contribution < 1.29 is 67.8 Å². The summed E-state index contributed by atoms with van der Waals surface area (Å²) in [5, 5.41) is 34.8. The largest absolute Gasteiger partial charge is 0.394 e. The lowest BCUT2D eigenvalue weighted by Gasteiger charge is -2.19. The summed E-state index contributed by atoms with van der Waals surface area (Å²) in [6, 6.07) is 0. The zero-order chi connectivity index (χ0) is 31.5. The molecule has 0 aliphatic carbocycles. The fraction of sp³-hybridized carbons (Fsp3) is 1.00. The number of rotatable bonds is 32. The van der Waals surface area contributed by atoms with Gasteiger partial charge in [-0.1, -0.05) is 0 Å². The topological polar surface area (TPSA) is 173 Å². The Balaban J connectivity index is 0. The highest BCUT2D eigenvalue weighted by atomic mass is 16.6. The normalized spacial score (nSPS) is 14.3. The van der Waals surface area contributed by atoms with Crippen LogP contribution in [0.3, 0.4) is 0 Å². The monoisotopic (exact) mass is 620 g/mol. The fourth-order valence-electron chi connectivity index (χ4n) is 2.60.